The quantitative estimate of drug-likeness (QED) is 0.703. The highest BCUT2D eigenvalue weighted by atomic mass is 32.2. The lowest BCUT2D eigenvalue weighted by Gasteiger charge is -2.10. The van der Waals surface area contributed by atoms with E-state index in [2.05, 4.69) is 20.7 Å². The molecule has 0 saturated heterocycles. The molecule has 1 aromatic carbocycles. The molecule has 0 aliphatic heterocycles. The molecule has 0 radical (unpaired) electrons. The summed E-state index contributed by atoms with van der Waals surface area (Å²) in [6, 6.07) is 7.98. The first kappa shape index (κ1) is 17.2. The van der Waals surface area contributed by atoms with Gasteiger partial charge in [0.2, 0.25) is 5.91 Å². The molecule has 0 spiro atoms. The first-order chi connectivity index (χ1) is 12.0. The second kappa shape index (κ2) is 7.06. The van der Waals surface area contributed by atoms with Gasteiger partial charge in [-0.05, 0) is 26.0 Å². The van der Waals surface area contributed by atoms with Crippen LogP contribution in [0.25, 0.3) is 11.4 Å². The van der Waals surface area contributed by atoms with E-state index in [0.29, 0.717) is 28.1 Å². The molecule has 1 atom stereocenters. The number of amides is 1. The van der Waals surface area contributed by atoms with Gasteiger partial charge in [0, 0.05) is 13.1 Å². The van der Waals surface area contributed by atoms with Crippen molar-refractivity contribution in [1.29, 1.82) is 0 Å². The normalized spacial score (nSPS) is 12.2. The van der Waals surface area contributed by atoms with Gasteiger partial charge in [-0.25, -0.2) is 4.39 Å². The van der Waals surface area contributed by atoms with Crippen LogP contribution in [0.1, 0.15) is 12.7 Å². The van der Waals surface area contributed by atoms with Crippen molar-refractivity contribution in [2.24, 2.45) is 7.05 Å². The first-order valence-corrected chi connectivity index (χ1v) is 8.39. The van der Waals surface area contributed by atoms with Crippen LogP contribution in [0.4, 0.5) is 10.2 Å². The molecule has 0 unspecified atom stereocenters. The van der Waals surface area contributed by atoms with Gasteiger partial charge < -0.3 is 14.4 Å². The van der Waals surface area contributed by atoms with Crippen molar-refractivity contribution in [3.63, 3.8) is 0 Å². The number of hydrogen-bond acceptors (Lipinski definition) is 6. The molecule has 0 bridgehead atoms. The maximum Gasteiger partial charge on any atom is 0.238 e. The molecule has 0 aliphatic carbocycles. The number of anilines is 1. The highest BCUT2D eigenvalue weighted by molar-refractivity contribution is 8.00. The van der Waals surface area contributed by atoms with Crippen LogP contribution in [-0.2, 0) is 11.8 Å². The lowest BCUT2D eigenvalue weighted by atomic mass is 10.2. The standard InChI is InChI=1S/C16H16FN5O2S/c1-9-8-13(21-24-9)18-15(23)10(2)25-16-20-19-14(22(16)3)11-6-4-5-7-12(11)17/h4-8,10H,1-3H3,(H,18,21,23)/t10-/m0/s1. The van der Waals surface area contributed by atoms with Crippen LogP contribution in [-0.4, -0.2) is 31.1 Å². The molecule has 1 amide bonds. The molecule has 130 valence electrons. The molecular formula is C16H16FN5O2S. The van der Waals surface area contributed by atoms with E-state index in [1.54, 1.807) is 49.7 Å². The molecule has 0 saturated carbocycles. The minimum atomic E-state index is -0.451. The van der Waals surface area contributed by atoms with Crippen molar-refractivity contribution in [3.8, 4) is 11.4 Å². The fraction of sp³-hybridized carbons (Fsp3) is 0.250. The van der Waals surface area contributed by atoms with Crippen molar-refractivity contribution < 1.29 is 13.7 Å². The number of aromatic nitrogens is 4. The summed E-state index contributed by atoms with van der Waals surface area (Å²) in [6.07, 6.45) is 0. The van der Waals surface area contributed by atoms with Crippen LogP contribution in [0, 0.1) is 12.7 Å². The topological polar surface area (TPSA) is 85.8 Å². The number of nitrogens with zero attached hydrogens (tertiary/aromatic N) is 4. The van der Waals surface area contributed by atoms with Crippen LogP contribution in [0.3, 0.4) is 0 Å². The van der Waals surface area contributed by atoms with Crippen LogP contribution < -0.4 is 5.32 Å². The zero-order valence-corrected chi connectivity index (χ0v) is 14.7. The third-order valence-corrected chi connectivity index (χ3v) is 4.61. The minimum absolute atomic E-state index is 0.242. The summed E-state index contributed by atoms with van der Waals surface area (Å²) in [7, 11) is 1.73. The Kier molecular flexibility index (Phi) is 4.84. The zero-order valence-electron chi connectivity index (χ0n) is 13.9. The number of benzene rings is 1. The third-order valence-electron chi connectivity index (χ3n) is 3.48. The Hall–Kier alpha value is -2.68. The lowest BCUT2D eigenvalue weighted by molar-refractivity contribution is -0.115. The van der Waals surface area contributed by atoms with E-state index < -0.39 is 5.25 Å². The van der Waals surface area contributed by atoms with E-state index in [9.17, 15) is 9.18 Å². The van der Waals surface area contributed by atoms with E-state index in [1.165, 1.54) is 17.8 Å². The third kappa shape index (κ3) is 3.71. The van der Waals surface area contributed by atoms with Crippen molar-refractivity contribution >= 4 is 23.5 Å². The second-order valence-corrected chi connectivity index (χ2v) is 6.73. The Morgan fingerprint density at radius 1 is 1.36 bits per heavy atom. The monoisotopic (exact) mass is 361 g/mol. The predicted molar refractivity (Wildman–Crippen MR) is 91.6 cm³/mol. The Bertz CT molecular complexity index is 908. The molecule has 0 fully saturated rings. The van der Waals surface area contributed by atoms with Crippen LogP contribution in [0.15, 0.2) is 40.0 Å². The first-order valence-electron chi connectivity index (χ1n) is 7.51. The van der Waals surface area contributed by atoms with Crippen LogP contribution in [0.2, 0.25) is 0 Å². The molecule has 2 aromatic heterocycles. The number of carbonyl (C=O) groups is 1. The number of nitrogens with one attached hydrogen (secondary N) is 1. The smallest absolute Gasteiger partial charge is 0.238 e. The summed E-state index contributed by atoms with van der Waals surface area (Å²) < 4.78 is 20.5. The Morgan fingerprint density at radius 3 is 2.80 bits per heavy atom. The number of carbonyl (C=O) groups excluding carboxylic acids is 1. The van der Waals surface area contributed by atoms with Gasteiger partial charge in [0.25, 0.3) is 0 Å². The zero-order chi connectivity index (χ0) is 18.0. The summed E-state index contributed by atoms with van der Waals surface area (Å²) in [5, 5.41) is 14.6. The van der Waals surface area contributed by atoms with Gasteiger partial charge in [-0.15, -0.1) is 10.2 Å². The Morgan fingerprint density at radius 2 is 2.12 bits per heavy atom. The summed E-state index contributed by atoms with van der Waals surface area (Å²) >= 11 is 1.22. The average Bonchev–Trinajstić information content (AvgIpc) is 3.14. The van der Waals surface area contributed by atoms with E-state index in [0.717, 1.165) is 0 Å². The number of halogens is 1. The molecule has 0 aliphatic rings. The fourth-order valence-corrected chi connectivity index (χ4v) is 2.97. The lowest BCUT2D eigenvalue weighted by Crippen LogP contribution is -2.23. The van der Waals surface area contributed by atoms with Gasteiger partial charge in [-0.3, -0.25) is 4.79 Å². The van der Waals surface area contributed by atoms with Gasteiger partial charge >= 0.3 is 0 Å². The highest BCUT2D eigenvalue weighted by Gasteiger charge is 2.21. The van der Waals surface area contributed by atoms with Gasteiger partial charge in [-0.1, -0.05) is 29.1 Å². The van der Waals surface area contributed by atoms with Gasteiger partial charge in [0.1, 0.15) is 11.6 Å². The largest absolute Gasteiger partial charge is 0.360 e. The summed E-state index contributed by atoms with van der Waals surface area (Å²) in [4.78, 5) is 12.2. The maximum absolute atomic E-state index is 13.9. The molecule has 7 nitrogen and oxygen atoms in total. The van der Waals surface area contributed by atoms with Gasteiger partial charge in [-0.2, -0.15) is 0 Å². The van der Waals surface area contributed by atoms with E-state index in [1.807, 2.05) is 0 Å². The number of aryl methyl sites for hydroxylation is 1. The van der Waals surface area contributed by atoms with Crippen molar-refractivity contribution in [2.45, 2.75) is 24.3 Å². The molecular weight excluding hydrogens is 345 g/mol. The number of rotatable bonds is 5. The van der Waals surface area contributed by atoms with Crippen molar-refractivity contribution in [2.75, 3.05) is 5.32 Å². The van der Waals surface area contributed by atoms with Crippen LogP contribution >= 0.6 is 11.8 Å². The van der Waals surface area contributed by atoms with E-state index in [4.69, 9.17) is 4.52 Å². The Balaban J connectivity index is 1.73. The Labute approximate surface area is 147 Å². The van der Waals surface area contributed by atoms with E-state index >= 15 is 0 Å². The number of hydrogen-bond donors (Lipinski definition) is 1. The fourth-order valence-electron chi connectivity index (χ4n) is 2.16. The average molecular weight is 361 g/mol. The highest BCUT2D eigenvalue weighted by Crippen LogP contribution is 2.27. The molecule has 2 heterocycles. The van der Waals surface area contributed by atoms with Crippen molar-refractivity contribution in [3.05, 3.63) is 41.9 Å². The van der Waals surface area contributed by atoms with Crippen molar-refractivity contribution in [1.82, 2.24) is 19.9 Å². The SMILES string of the molecule is Cc1cc(NC(=O)[C@H](C)Sc2nnc(-c3ccccc3F)n2C)no1. The molecule has 1 N–H and O–H groups in total. The maximum atomic E-state index is 13.9. The molecule has 3 rings (SSSR count). The molecule has 25 heavy (non-hydrogen) atoms. The van der Waals surface area contributed by atoms with Gasteiger partial charge in [0.15, 0.2) is 16.8 Å². The molecule has 9 heteroatoms. The summed E-state index contributed by atoms with van der Waals surface area (Å²) in [6.45, 7) is 3.48. The van der Waals surface area contributed by atoms with E-state index in [-0.39, 0.29) is 11.7 Å². The minimum Gasteiger partial charge on any atom is -0.360 e. The van der Waals surface area contributed by atoms with Gasteiger partial charge in [0.05, 0.1) is 10.8 Å². The summed E-state index contributed by atoms with van der Waals surface area (Å²) in [5.41, 5.74) is 0.361. The second-order valence-electron chi connectivity index (χ2n) is 5.42. The van der Waals surface area contributed by atoms with Crippen LogP contribution in [0.5, 0.6) is 0 Å². The predicted octanol–water partition coefficient (Wildman–Crippen LogP) is 3.04. The molecule has 3 aromatic rings. The number of thioether (sulfide) groups is 1. The summed E-state index contributed by atoms with van der Waals surface area (Å²) in [5.74, 6) is 0.759.